The minimum atomic E-state index is 0.237. The molecule has 0 atom stereocenters. The average Bonchev–Trinajstić information content (AvgIpc) is 4.14. The largest absolute Gasteiger partial charge is 0.487 e. The van der Waals surface area contributed by atoms with Crippen LogP contribution in [-0.4, -0.2) is 137 Å². The SMILES string of the molecule is C#CCOc1ccc(-c2nc3ccc(N4CCN(C)CC4)cc3[nH]2)cc1.CN1CCN(c2ccc3nc(-c4ccc(OCc5cn(CCN=[N+]=[N-])nn5)cc4)[nH]c3c2)CC1.[N-]=[N+]=NCCN=[N+]=[N-]. The lowest BCUT2D eigenvalue weighted by Crippen LogP contribution is -2.44. The highest BCUT2D eigenvalue weighted by Crippen LogP contribution is 2.28. The molecule has 0 bridgehead atoms. The molecule has 2 saturated heterocycles. The molecule has 9 rings (SSSR count). The van der Waals surface area contributed by atoms with Gasteiger partial charge >= 0.3 is 0 Å². The standard InChI is InChI=1S/C23H26N10O.C21H22N4O.C2H4N6/c1-31-10-12-32(13-11-31)19-4-7-21-22(14-19)27-23(26-21)17-2-5-20(6-3-17)34-16-18-15-33(30-28-18)9-8-25-29-24;1-3-14-26-18-7-4-16(5-8-18)21-22-19-9-6-17(15-20(19)23-21)25-12-10-24(2)11-13-25;3-7-5-1-2-6-8-4/h2-7,14-15H,8-13,16H2,1H3,(H,26,27);1,4-9,15H,10-14H2,2H3,(H,22,23);1-2H2. The van der Waals surface area contributed by atoms with Crippen LogP contribution in [0.1, 0.15) is 5.69 Å². The van der Waals surface area contributed by atoms with Gasteiger partial charge in [0.2, 0.25) is 0 Å². The van der Waals surface area contributed by atoms with Crippen LogP contribution in [0.5, 0.6) is 11.5 Å². The fourth-order valence-electron chi connectivity index (χ4n) is 7.38. The van der Waals surface area contributed by atoms with Crippen LogP contribution in [0, 0.1) is 12.3 Å². The van der Waals surface area contributed by atoms with E-state index in [0.29, 0.717) is 25.4 Å². The third-order valence-electron chi connectivity index (χ3n) is 11.1. The van der Waals surface area contributed by atoms with Crippen LogP contribution in [0.15, 0.2) is 106 Å². The van der Waals surface area contributed by atoms with E-state index in [1.807, 2.05) is 48.5 Å². The molecule has 2 aliphatic rings. The monoisotopic (exact) mass is 916 g/mol. The average molecular weight is 917 g/mol. The van der Waals surface area contributed by atoms with Gasteiger partial charge in [-0.3, -0.25) is 4.68 Å². The number of anilines is 2. The number of likely N-dealkylation sites (N-methyl/N-ethyl adjacent to an activating group) is 2. The molecule has 4 aromatic carbocycles. The van der Waals surface area contributed by atoms with Crippen LogP contribution in [0.3, 0.4) is 0 Å². The minimum Gasteiger partial charge on any atom is -0.487 e. The normalized spacial score (nSPS) is 13.7. The lowest BCUT2D eigenvalue weighted by atomic mass is 10.2. The van der Waals surface area contributed by atoms with E-state index in [4.69, 9.17) is 42.5 Å². The predicted octanol–water partition coefficient (Wildman–Crippen LogP) is 8.06. The number of terminal acetylenes is 1. The molecule has 22 heteroatoms. The Morgan fingerprint density at radius 1 is 0.632 bits per heavy atom. The van der Waals surface area contributed by atoms with Gasteiger partial charge in [0.25, 0.3) is 0 Å². The first-order valence-electron chi connectivity index (χ1n) is 22.0. The minimum absolute atomic E-state index is 0.237. The van der Waals surface area contributed by atoms with E-state index >= 15 is 0 Å². The fourth-order valence-corrected chi connectivity index (χ4v) is 7.38. The van der Waals surface area contributed by atoms with E-state index in [9.17, 15) is 0 Å². The van der Waals surface area contributed by atoms with Gasteiger partial charge in [-0.05, 0) is 116 Å². The Balaban J connectivity index is 0.000000178. The van der Waals surface area contributed by atoms with Crippen molar-refractivity contribution in [3.63, 3.8) is 0 Å². The maximum Gasteiger partial charge on any atom is 0.148 e. The highest BCUT2D eigenvalue weighted by atomic mass is 16.5. The smallest absolute Gasteiger partial charge is 0.148 e. The van der Waals surface area contributed by atoms with Crippen LogP contribution in [0.2, 0.25) is 0 Å². The molecule has 0 amide bonds. The predicted molar refractivity (Wildman–Crippen MR) is 263 cm³/mol. The Morgan fingerprint density at radius 2 is 1.10 bits per heavy atom. The van der Waals surface area contributed by atoms with Gasteiger partial charge in [-0.15, -0.1) is 11.5 Å². The molecule has 7 aromatic rings. The number of nitrogens with one attached hydrogen (secondary N) is 2. The van der Waals surface area contributed by atoms with Crippen LogP contribution in [-0.2, 0) is 13.2 Å². The van der Waals surface area contributed by atoms with Crippen molar-refractivity contribution in [2.75, 3.05) is 102 Å². The Labute approximate surface area is 392 Å². The molecule has 68 heavy (non-hydrogen) atoms. The molecule has 0 aliphatic carbocycles. The van der Waals surface area contributed by atoms with Crippen LogP contribution in [0.25, 0.3) is 76.2 Å². The molecule has 2 aliphatic heterocycles. The summed E-state index contributed by atoms with van der Waals surface area (Å²) in [5.74, 6) is 5.66. The molecular weight excluding hydrogens is 865 g/mol. The Morgan fingerprint density at radius 3 is 1.57 bits per heavy atom. The Bertz CT molecular complexity index is 2880. The zero-order valence-electron chi connectivity index (χ0n) is 38.0. The zero-order valence-corrected chi connectivity index (χ0v) is 38.0. The quantitative estimate of drug-likeness (QED) is 0.0328. The first-order valence-corrected chi connectivity index (χ1v) is 22.0. The third-order valence-corrected chi connectivity index (χ3v) is 11.1. The van der Waals surface area contributed by atoms with Gasteiger partial charge in [0, 0.05) is 116 Å². The summed E-state index contributed by atoms with van der Waals surface area (Å²) < 4.78 is 12.9. The van der Waals surface area contributed by atoms with Crippen LogP contribution < -0.4 is 19.3 Å². The number of benzene rings is 4. The number of rotatable bonds is 15. The van der Waals surface area contributed by atoms with Gasteiger partial charge in [-0.25, -0.2) is 9.97 Å². The van der Waals surface area contributed by atoms with Crippen molar-refractivity contribution in [1.82, 2.24) is 44.7 Å². The highest BCUT2D eigenvalue weighted by molar-refractivity contribution is 5.84. The summed E-state index contributed by atoms with van der Waals surface area (Å²) in [6, 6.07) is 28.5. The van der Waals surface area contributed by atoms with Crippen LogP contribution >= 0.6 is 0 Å². The second kappa shape index (κ2) is 24.2. The first kappa shape index (κ1) is 47.5. The molecule has 348 valence electrons. The fraction of sp³-hybridized carbons (Fsp3) is 0.348. The number of aromatic nitrogens is 7. The zero-order chi connectivity index (χ0) is 47.5. The summed E-state index contributed by atoms with van der Waals surface area (Å²) in [6.07, 6.45) is 7.00. The lowest BCUT2D eigenvalue weighted by Gasteiger charge is -2.34. The van der Waals surface area contributed by atoms with Crippen molar-refractivity contribution in [3.05, 3.63) is 128 Å². The number of hydrogen-bond acceptors (Lipinski definition) is 13. The van der Waals surface area contributed by atoms with Crippen molar-refractivity contribution in [1.29, 1.82) is 0 Å². The van der Waals surface area contributed by atoms with E-state index in [1.165, 1.54) is 11.4 Å². The van der Waals surface area contributed by atoms with E-state index < -0.39 is 0 Å². The second-order valence-corrected chi connectivity index (χ2v) is 15.8. The molecule has 2 N–H and O–H groups in total. The molecule has 22 nitrogen and oxygen atoms in total. The van der Waals surface area contributed by atoms with Crippen molar-refractivity contribution in [3.8, 4) is 46.6 Å². The summed E-state index contributed by atoms with van der Waals surface area (Å²) in [6.45, 7) is 10.4. The molecule has 0 radical (unpaired) electrons. The van der Waals surface area contributed by atoms with Crippen molar-refractivity contribution >= 4 is 33.4 Å². The van der Waals surface area contributed by atoms with E-state index in [1.54, 1.807) is 10.9 Å². The van der Waals surface area contributed by atoms with Crippen LogP contribution in [0.4, 0.5) is 11.4 Å². The molecule has 3 aromatic heterocycles. The number of ether oxygens (including phenoxy) is 2. The molecule has 0 unspecified atom stereocenters. The topological polar surface area (TPSA) is 266 Å². The summed E-state index contributed by atoms with van der Waals surface area (Å²) in [5, 5.41) is 17.8. The lowest BCUT2D eigenvalue weighted by molar-refractivity contribution is 0.301. The van der Waals surface area contributed by atoms with Gasteiger partial charge < -0.3 is 39.0 Å². The molecular formula is C46H52N20O2. The number of hydrogen-bond donors (Lipinski definition) is 2. The number of piperazine rings is 2. The van der Waals surface area contributed by atoms with Crippen molar-refractivity contribution < 1.29 is 9.47 Å². The molecule has 0 spiro atoms. The first-order chi connectivity index (χ1) is 33.3. The maximum atomic E-state index is 8.34. The number of fused-ring (bicyclic) bond motifs is 2. The third kappa shape index (κ3) is 13.3. The number of aromatic amines is 2. The number of H-pyrrole nitrogens is 2. The van der Waals surface area contributed by atoms with Gasteiger partial charge in [0.15, 0.2) is 0 Å². The number of azide groups is 3. The molecule has 5 heterocycles. The Kier molecular flexibility index (Phi) is 16.9. The number of nitrogens with zero attached hydrogens (tertiary/aromatic N) is 18. The van der Waals surface area contributed by atoms with Gasteiger partial charge in [-0.1, -0.05) is 26.5 Å². The van der Waals surface area contributed by atoms with E-state index in [2.05, 4.69) is 126 Å². The summed E-state index contributed by atoms with van der Waals surface area (Å²) in [5.41, 5.74) is 33.0. The van der Waals surface area contributed by atoms with Gasteiger partial charge in [0.1, 0.15) is 42.1 Å². The highest BCUT2D eigenvalue weighted by Gasteiger charge is 2.17. The maximum absolute atomic E-state index is 8.34. The Hall–Kier alpha value is -8.43. The van der Waals surface area contributed by atoms with E-state index in [-0.39, 0.29) is 19.7 Å². The summed E-state index contributed by atoms with van der Waals surface area (Å²) in [4.78, 5) is 33.6. The van der Waals surface area contributed by atoms with Crippen molar-refractivity contribution in [2.45, 2.75) is 13.2 Å². The molecule has 2 fully saturated rings. The summed E-state index contributed by atoms with van der Waals surface area (Å²) in [7, 11) is 4.34. The van der Waals surface area contributed by atoms with Gasteiger partial charge in [0.05, 0.1) is 28.3 Å². The van der Waals surface area contributed by atoms with Crippen molar-refractivity contribution in [2.24, 2.45) is 15.3 Å². The number of imidazole rings is 2. The van der Waals surface area contributed by atoms with E-state index in [0.717, 1.165) is 109 Å². The summed E-state index contributed by atoms with van der Waals surface area (Å²) >= 11 is 0. The van der Waals surface area contributed by atoms with Gasteiger partial charge in [-0.2, -0.15) is 0 Å². The second-order valence-electron chi connectivity index (χ2n) is 15.8. The molecule has 0 saturated carbocycles.